The molecule has 204 valence electrons. The van der Waals surface area contributed by atoms with Gasteiger partial charge in [-0.05, 0) is 56.0 Å². The molecule has 0 fully saturated rings. The molecular weight excluding hydrogens is 558 g/mol. The van der Waals surface area contributed by atoms with Gasteiger partial charge in [0.2, 0.25) is 21.8 Å². The summed E-state index contributed by atoms with van der Waals surface area (Å²) in [6.45, 7) is 8.84. The lowest BCUT2D eigenvalue weighted by Crippen LogP contribution is -2.48. The highest BCUT2D eigenvalue weighted by Crippen LogP contribution is 2.30. The number of ether oxygens (including phenoxy) is 1. The largest absolute Gasteiger partial charge is 0.492 e. The van der Waals surface area contributed by atoms with E-state index in [-0.39, 0.29) is 43.7 Å². The van der Waals surface area contributed by atoms with Gasteiger partial charge in [0.15, 0.2) is 0 Å². The molecule has 0 bridgehead atoms. The van der Waals surface area contributed by atoms with Crippen molar-refractivity contribution in [1.82, 2.24) is 10.2 Å². The fraction of sp³-hybridized carbons (Fsp3) is 0.481. The van der Waals surface area contributed by atoms with Crippen molar-refractivity contribution in [2.75, 3.05) is 30.3 Å². The molecule has 8 nitrogen and oxygen atoms in total. The van der Waals surface area contributed by atoms with Gasteiger partial charge in [0.25, 0.3) is 0 Å². The van der Waals surface area contributed by atoms with Crippen LogP contribution in [0, 0.1) is 5.92 Å². The molecular formula is C27H38BrN3O5S. The minimum absolute atomic E-state index is 0.0820. The average Bonchev–Trinajstić information content (AvgIpc) is 2.83. The Morgan fingerprint density at radius 1 is 1.08 bits per heavy atom. The van der Waals surface area contributed by atoms with Crippen LogP contribution in [0.2, 0.25) is 0 Å². The Labute approximate surface area is 229 Å². The van der Waals surface area contributed by atoms with E-state index in [1.54, 1.807) is 36.1 Å². The number of sulfonamides is 1. The van der Waals surface area contributed by atoms with Gasteiger partial charge in [-0.15, -0.1) is 0 Å². The van der Waals surface area contributed by atoms with E-state index >= 15 is 0 Å². The molecule has 37 heavy (non-hydrogen) atoms. The van der Waals surface area contributed by atoms with Crippen LogP contribution in [0.5, 0.6) is 5.75 Å². The van der Waals surface area contributed by atoms with Gasteiger partial charge in [0.1, 0.15) is 11.8 Å². The molecule has 0 saturated heterocycles. The summed E-state index contributed by atoms with van der Waals surface area (Å²) in [6, 6.07) is 13.8. The van der Waals surface area contributed by atoms with E-state index in [4.69, 9.17) is 4.74 Å². The Morgan fingerprint density at radius 2 is 1.78 bits per heavy atom. The maximum Gasteiger partial charge on any atom is 0.242 e. The summed E-state index contributed by atoms with van der Waals surface area (Å²) in [5.74, 6) is 0.305. The van der Waals surface area contributed by atoms with Crippen molar-refractivity contribution in [2.24, 2.45) is 5.92 Å². The first-order valence-electron chi connectivity index (χ1n) is 12.4. The first-order chi connectivity index (χ1) is 17.4. The predicted molar refractivity (Wildman–Crippen MR) is 151 cm³/mol. The lowest BCUT2D eigenvalue weighted by Gasteiger charge is -2.30. The van der Waals surface area contributed by atoms with Gasteiger partial charge in [0, 0.05) is 30.5 Å². The summed E-state index contributed by atoms with van der Waals surface area (Å²) in [4.78, 5) is 27.8. The zero-order valence-corrected chi connectivity index (χ0v) is 24.6. The Balaban J connectivity index is 2.20. The van der Waals surface area contributed by atoms with Crippen LogP contribution in [0.1, 0.15) is 46.1 Å². The van der Waals surface area contributed by atoms with E-state index < -0.39 is 16.1 Å². The number of hydrogen-bond donors (Lipinski definition) is 1. The minimum atomic E-state index is -3.62. The molecule has 1 atom stereocenters. The summed E-state index contributed by atoms with van der Waals surface area (Å²) in [7, 11) is -3.62. The van der Waals surface area contributed by atoms with E-state index in [0.717, 1.165) is 16.3 Å². The molecule has 2 aromatic rings. The third-order valence-corrected chi connectivity index (χ3v) is 7.35. The predicted octanol–water partition coefficient (Wildman–Crippen LogP) is 4.58. The molecule has 0 aliphatic rings. The van der Waals surface area contributed by atoms with Crippen molar-refractivity contribution in [1.29, 1.82) is 0 Å². The summed E-state index contributed by atoms with van der Waals surface area (Å²) in [5.41, 5.74) is 1.32. The van der Waals surface area contributed by atoms with Crippen LogP contribution in [0.4, 0.5) is 5.69 Å². The number of rotatable bonds is 14. The number of carbonyl (C=O) groups is 2. The van der Waals surface area contributed by atoms with Crippen LogP contribution in [0.15, 0.2) is 53.0 Å². The fourth-order valence-corrected chi connectivity index (χ4v) is 5.21. The lowest BCUT2D eigenvalue weighted by atomic mass is 10.1. The van der Waals surface area contributed by atoms with Crippen molar-refractivity contribution >= 4 is 43.5 Å². The molecule has 0 radical (unpaired) electrons. The molecule has 0 heterocycles. The molecule has 0 aromatic heterocycles. The monoisotopic (exact) mass is 595 g/mol. The number of amides is 2. The molecule has 2 rings (SSSR count). The molecule has 0 unspecified atom stereocenters. The van der Waals surface area contributed by atoms with Crippen LogP contribution in [-0.2, 0) is 26.2 Å². The fourth-order valence-electron chi connectivity index (χ4n) is 3.79. The van der Waals surface area contributed by atoms with Crippen molar-refractivity contribution in [3.63, 3.8) is 0 Å². The molecule has 0 aliphatic heterocycles. The average molecular weight is 597 g/mol. The van der Waals surface area contributed by atoms with Gasteiger partial charge in [-0.25, -0.2) is 8.42 Å². The number of nitrogens with one attached hydrogen (secondary N) is 1. The number of para-hydroxylation sites is 2. The van der Waals surface area contributed by atoms with Crippen LogP contribution in [0.3, 0.4) is 0 Å². The van der Waals surface area contributed by atoms with Crippen molar-refractivity contribution < 1.29 is 22.7 Å². The number of benzene rings is 2. The summed E-state index contributed by atoms with van der Waals surface area (Å²) >= 11 is 3.46. The summed E-state index contributed by atoms with van der Waals surface area (Å²) in [5, 5.41) is 2.90. The highest BCUT2D eigenvalue weighted by Gasteiger charge is 2.27. The van der Waals surface area contributed by atoms with E-state index in [2.05, 4.69) is 21.2 Å². The molecule has 0 aliphatic carbocycles. The number of anilines is 1. The Hall–Kier alpha value is -2.59. The Morgan fingerprint density at radius 3 is 2.41 bits per heavy atom. The quantitative estimate of drug-likeness (QED) is 0.345. The van der Waals surface area contributed by atoms with Crippen molar-refractivity contribution in [3.8, 4) is 5.75 Å². The molecule has 2 amide bonds. The zero-order chi connectivity index (χ0) is 27.6. The van der Waals surface area contributed by atoms with Gasteiger partial charge in [-0.2, -0.15) is 0 Å². The van der Waals surface area contributed by atoms with Gasteiger partial charge in [-0.1, -0.05) is 54.0 Å². The summed E-state index contributed by atoms with van der Waals surface area (Å²) < 4.78 is 33.0. The minimum Gasteiger partial charge on any atom is -0.492 e. The van der Waals surface area contributed by atoms with Gasteiger partial charge in [-0.3, -0.25) is 13.9 Å². The van der Waals surface area contributed by atoms with Crippen molar-refractivity contribution in [2.45, 2.75) is 53.1 Å². The molecule has 2 aromatic carbocycles. The maximum absolute atomic E-state index is 13.4. The van der Waals surface area contributed by atoms with E-state index in [0.29, 0.717) is 24.6 Å². The molecule has 1 N–H and O–H groups in total. The van der Waals surface area contributed by atoms with Crippen LogP contribution < -0.4 is 14.4 Å². The first-order valence-corrected chi connectivity index (χ1v) is 15.1. The third kappa shape index (κ3) is 9.66. The zero-order valence-electron chi connectivity index (χ0n) is 22.2. The van der Waals surface area contributed by atoms with Crippen LogP contribution in [0.25, 0.3) is 0 Å². The highest BCUT2D eigenvalue weighted by atomic mass is 79.9. The molecule has 10 heteroatoms. The number of hydrogen-bond acceptors (Lipinski definition) is 5. The first kappa shape index (κ1) is 30.6. The lowest BCUT2D eigenvalue weighted by molar-refractivity contribution is -0.140. The van der Waals surface area contributed by atoms with Gasteiger partial charge < -0.3 is 15.0 Å². The summed E-state index contributed by atoms with van der Waals surface area (Å²) in [6.07, 6.45) is 1.50. The Bertz CT molecular complexity index is 1160. The van der Waals surface area contributed by atoms with Gasteiger partial charge in [0.05, 0.1) is 18.6 Å². The second kappa shape index (κ2) is 14.4. The van der Waals surface area contributed by atoms with Crippen LogP contribution in [-0.4, -0.2) is 57.1 Å². The standard InChI is InChI=1S/C27H38BrN3O5S/c1-6-36-25-14-8-7-13-24(25)31(37(5,34)35)16-10-15-26(32)30(19-22-11-9-12-23(28)17-22)21(4)27(33)29-18-20(2)3/h7-9,11-14,17,20-21H,6,10,15-16,18-19H2,1-5H3,(H,29,33)/t21-/m0/s1. The van der Waals surface area contributed by atoms with Crippen molar-refractivity contribution in [3.05, 3.63) is 58.6 Å². The SMILES string of the molecule is CCOc1ccccc1N(CCCC(=O)N(Cc1cccc(Br)c1)[C@@H](C)C(=O)NCC(C)C)S(C)(=O)=O. The van der Waals surface area contributed by atoms with Crippen LogP contribution >= 0.6 is 15.9 Å². The number of nitrogens with zero attached hydrogens (tertiary/aromatic N) is 2. The number of halogens is 1. The number of carbonyl (C=O) groups excluding carboxylic acids is 2. The second-order valence-corrected chi connectivity index (χ2v) is 12.1. The second-order valence-electron chi connectivity index (χ2n) is 9.31. The third-order valence-electron chi connectivity index (χ3n) is 5.68. The van der Waals surface area contributed by atoms with E-state index in [9.17, 15) is 18.0 Å². The van der Waals surface area contributed by atoms with Gasteiger partial charge >= 0.3 is 0 Å². The molecule has 0 spiro atoms. The van der Waals surface area contributed by atoms with E-state index in [1.165, 1.54) is 4.31 Å². The smallest absolute Gasteiger partial charge is 0.242 e. The highest BCUT2D eigenvalue weighted by molar-refractivity contribution is 9.10. The normalized spacial score (nSPS) is 12.2. The maximum atomic E-state index is 13.4. The Kier molecular flexibility index (Phi) is 11.9. The molecule has 0 saturated carbocycles. The topological polar surface area (TPSA) is 96.0 Å². The van der Waals surface area contributed by atoms with E-state index in [1.807, 2.05) is 45.0 Å².